The summed E-state index contributed by atoms with van der Waals surface area (Å²) >= 11 is 5.93. The van der Waals surface area contributed by atoms with Crippen molar-refractivity contribution in [1.82, 2.24) is 0 Å². The standard InChI is InChI=1S/C19H12ClN3O3/c1-10(14-8-11-4-2-3-5-16(11)26-19(14)25)22-23-17-13-7-6-12(20)9-15(13)21-18(17)24/h2-9H,1H3,(H,21,23,24). The van der Waals surface area contributed by atoms with Crippen molar-refractivity contribution in [3.63, 3.8) is 0 Å². The minimum absolute atomic E-state index is 0.168. The summed E-state index contributed by atoms with van der Waals surface area (Å²) < 4.78 is 5.30. The maximum atomic E-state index is 12.2. The van der Waals surface area contributed by atoms with Crippen LogP contribution in [0.5, 0.6) is 0 Å². The third-order valence-electron chi connectivity index (χ3n) is 4.03. The molecule has 1 amide bonds. The summed E-state index contributed by atoms with van der Waals surface area (Å²) in [4.78, 5) is 24.3. The molecule has 1 aliphatic rings. The Morgan fingerprint density at radius 3 is 2.77 bits per heavy atom. The van der Waals surface area contributed by atoms with Crippen molar-refractivity contribution in [2.45, 2.75) is 6.92 Å². The van der Waals surface area contributed by atoms with Crippen LogP contribution in [0.4, 0.5) is 5.69 Å². The fraction of sp³-hybridized carbons (Fsp3) is 0.0526. The van der Waals surface area contributed by atoms with Gasteiger partial charge in [0.05, 0.1) is 17.0 Å². The molecule has 0 saturated heterocycles. The molecule has 0 aliphatic carbocycles. The number of anilines is 1. The van der Waals surface area contributed by atoms with Crippen LogP contribution in [0.2, 0.25) is 5.02 Å². The number of carbonyl (C=O) groups excluding carboxylic acids is 1. The van der Waals surface area contributed by atoms with Crippen LogP contribution < -0.4 is 10.9 Å². The second kappa shape index (κ2) is 6.24. The van der Waals surface area contributed by atoms with Crippen LogP contribution in [0.15, 0.2) is 67.9 Å². The fourth-order valence-electron chi connectivity index (χ4n) is 2.72. The number of rotatable bonds is 2. The molecular weight excluding hydrogens is 354 g/mol. The molecule has 7 heteroatoms. The highest BCUT2D eigenvalue weighted by Crippen LogP contribution is 2.27. The zero-order valence-corrected chi connectivity index (χ0v) is 14.4. The topological polar surface area (TPSA) is 84.0 Å². The largest absolute Gasteiger partial charge is 0.422 e. The summed E-state index contributed by atoms with van der Waals surface area (Å²) in [7, 11) is 0. The maximum absolute atomic E-state index is 12.2. The van der Waals surface area contributed by atoms with Gasteiger partial charge in [-0.1, -0.05) is 29.8 Å². The van der Waals surface area contributed by atoms with Crippen LogP contribution in [0.3, 0.4) is 0 Å². The molecule has 3 aromatic rings. The molecule has 0 fully saturated rings. The molecule has 0 atom stereocenters. The predicted octanol–water partition coefficient (Wildman–Crippen LogP) is 3.61. The van der Waals surface area contributed by atoms with Crippen molar-refractivity contribution >= 4 is 45.6 Å². The van der Waals surface area contributed by atoms with E-state index in [-0.39, 0.29) is 11.6 Å². The molecule has 0 saturated carbocycles. The van der Waals surface area contributed by atoms with Crippen LogP contribution in [0.25, 0.3) is 11.0 Å². The molecule has 1 N–H and O–H groups in total. The van der Waals surface area contributed by atoms with Gasteiger partial charge in [-0.15, -0.1) is 5.10 Å². The summed E-state index contributed by atoms with van der Waals surface area (Å²) in [6, 6.07) is 13.9. The smallest absolute Gasteiger partial charge is 0.345 e. The van der Waals surface area contributed by atoms with E-state index < -0.39 is 5.63 Å². The third kappa shape index (κ3) is 2.80. The Morgan fingerprint density at radius 1 is 1.12 bits per heavy atom. The van der Waals surface area contributed by atoms with E-state index in [1.807, 2.05) is 12.1 Å². The van der Waals surface area contributed by atoms with E-state index in [1.165, 1.54) is 0 Å². The lowest BCUT2D eigenvalue weighted by molar-refractivity contribution is -0.110. The minimum Gasteiger partial charge on any atom is -0.422 e. The average molecular weight is 366 g/mol. The second-order valence-corrected chi connectivity index (χ2v) is 6.20. The average Bonchev–Trinajstić information content (AvgIpc) is 2.93. The van der Waals surface area contributed by atoms with Gasteiger partial charge in [0, 0.05) is 16.0 Å². The first-order valence-electron chi connectivity index (χ1n) is 7.80. The summed E-state index contributed by atoms with van der Waals surface area (Å²) in [5.74, 6) is -0.371. The Kier molecular flexibility index (Phi) is 3.89. The van der Waals surface area contributed by atoms with Gasteiger partial charge in [0.1, 0.15) is 5.58 Å². The van der Waals surface area contributed by atoms with Crippen molar-refractivity contribution < 1.29 is 9.21 Å². The van der Waals surface area contributed by atoms with Gasteiger partial charge in [0.15, 0.2) is 5.71 Å². The van der Waals surface area contributed by atoms with E-state index in [9.17, 15) is 9.59 Å². The molecule has 6 nitrogen and oxygen atoms in total. The molecular formula is C19H12ClN3O3. The van der Waals surface area contributed by atoms with Crippen LogP contribution in [0, 0.1) is 0 Å². The van der Waals surface area contributed by atoms with E-state index in [0.29, 0.717) is 33.1 Å². The number of fused-ring (bicyclic) bond motifs is 2. The summed E-state index contributed by atoms with van der Waals surface area (Å²) in [6.45, 7) is 1.64. The fourth-order valence-corrected chi connectivity index (χ4v) is 2.89. The quantitative estimate of drug-likeness (QED) is 0.427. The van der Waals surface area contributed by atoms with Gasteiger partial charge >= 0.3 is 5.63 Å². The number of para-hydroxylation sites is 1. The highest BCUT2D eigenvalue weighted by Gasteiger charge is 2.26. The van der Waals surface area contributed by atoms with Gasteiger partial charge in [0.25, 0.3) is 5.91 Å². The van der Waals surface area contributed by atoms with Gasteiger partial charge < -0.3 is 9.73 Å². The van der Waals surface area contributed by atoms with Crippen molar-refractivity contribution in [2.75, 3.05) is 5.32 Å². The number of benzene rings is 2. The molecule has 0 radical (unpaired) electrons. The number of nitrogens with zero attached hydrogens (tertiary/aromatic N) is 2. The maximum Gasteiger partial charge on any atom is 0.345 e. The van der Waals surface area contributed by atoms with Crippen LogP contribution in [-0.4, -0.2) is 17.3 Å². The normalized spacial score (nSPS) is 15.4. The summed E-state index contributed by atoms with van der Waals surface area (Å²) in [5.41, 5.74) is 2.01. The monoisotopic (exact) mass is 365 g/mol. The number of nitrogens with one attached hydrogen (secondary N) is 1. The molecule has 1 aromatic heterocycles. The number of hydrogen-bond donors (Lipinski definition) is 1. The van der Waals surface area contributed by atoms with E-state index in [4.69, 9.17) is 16.0 Å². The number of hydrogen-bond acceptors (Lipinski definition) is 5. The number of carbonyl (C=O) groups is 1. The lowest BCUT2D eigenvalue weighted by Crippen LogP contribution is -2.15. The number of amides is 1. The van der Waals surface area contributed by atoms with E-state index in [2.05, 4.69) is 15.5 Å². The minimum atomic E-state index is -0.506. The van der Waals surface area contributed by atoms with E-state index in [0.717, 1.165) is 5.39 Å². The molecule has 26 heavy (non-hydrogen) atoms. The first-order chi connectivity index (χ1) is 12.5. The van der Waals surface area contributed by atoms with Crippen LogP contribution >= 0.6 is 11.6 Å². The number of halogens is 1. The molecule has 0 unspecified atom stereocenters. The Hall–Kier alpha value is -3.25. The van der Waals surface area contributed by atoms with Crippen molar-refractivity contribution in [1.29, 1.82) is 0 Å². The highest BCUT2D eigenvalue weighted by molar-refractivity contribution is 6.54. The third-order valence-corrected chi connectivity index (χ3v) is 4.27. The summed E-state index contributed by atoms with van der Waals surface area (Å²) in [6.07, 6.45) is 0. The molecule has 2 heterocycles. The van der Waals surface area contributed by atoms with Gasteiger partial charge in [-0.3, -0.25) is 4.79 Å². The highest BCUT2D eigenvalue weighted by atomic mass is 35.5. The Balaban J connectivity index is 1.76. The first-order valence-corrected chi connectivity index (χ1v) is 8.17. The van der Waals surface area contributed by atoms with Crippen LogP contribution in [0.1, 0.15) is 18.1 Å². The zero-order chi connectivity index (χ0) is 18.3. The van der Waals surface area contributed by atoms with E-state index in [1.54, 1.807) is 43.3 Å². The molecule has 0 spiro atoms. The molecule has 1 aliphatic heterocycles. The SMILES string of the molecule is CC(=N/N=C1\C(=O)Nc2cc(Cl)ccc21)c1cc2ccccc2oc1=O. The van der Waals surface area contributed by atoms with Crippen molar-refractivity contribution in [3.8, 4) is 0 Å². The Bertz CT molecular complexity index is 1180. The van der Waals surface area contributed by atoms with Gasteiger partial charge in [-0.2, -0.15) is 5.10 Å². The lowest BCUT2D eigenvalue weighted by Gasteiger charge is -2.01. The van der Waals surface area contributed by atoms with Crippen molar-refractivity contribution in [3.05, 3.63) is 75.1 Å². The second-order valence-electron chi connectivity index (χ2n) is 5.76. The van der Waals surface area contributed by atoms with E-state index >= 15 is 0 Å². The first kappa shape index (κ1) is 16.2. The Morgan fingerprint density at radius 2 is 1.92 bits per heavy atom. The molecule has 128 valence electrons. The molecule has 2 aromatic carbocycles. The molecule has 0 bridgehead atoms. The molecule has 4 rings (SSSR count). The zero-order valence-electron chi connectivity index (χ0n) is 13.6. The van der Waals surface area contributed by atoms with Gasteiger partial charge in [0.2, 0.25) is 0 Å². The lowest BCUT2D eigenvalue weighted by atomic mass is 10.1. The summed E-state index contributed by atoms with van der Waals surface area (Å²) in [5, 5.41) is 12.1. The Labute approximate surface area is 152 Å². The van der Waals surface area contributed by atoms with Gasteiger partial charge in [-0.05, 0) is 37.3 Å². The van der Waals surface area contributed by atoms with Crippen molar-refractivity contribution in [2.24, 2.45) is 10.2 Å². The van der Waals surface area contributed by atoms with Gasteiger partial charge in [-0.25, -0.2) is 4.79 Å². The van der Waals surface area contributed by atoms with Crippen LogP contribution in [-0.2, 0) is 4.79 Å². The predicted molar refractivity (Wildman–Crippen MR) is 101 cm³/mol.